The number of rotatable bonds is 5. The zero-order chi connectivity index (χ0) is 17.9. The molecule has 1 aliphatic rings. The number of benzene rings is 2. The Morgan fingerprint density at radius 1 is 1.08 bits per heavy atom. The molecule has 132 valence electrons. The first-order valence-corrected chi connectivity index (χ1v) is 8.34. The smallest absolute Gasteiger partial charge is 0.249 e. The minimum atomic E-state index is 0.273. The van der Waals surface area contributed by atoms with Crippen LogP contribution in [0.4, 0.5) is 17.5 Å². The van der Waals surface area contributed by atoms with Crippen molar-refractivity contribution in [3.63, 3.8) is 0 Å². The van der Waals surface area contributed by atoms with E-state index in [-0.39, 0.29) is 6.79 Å². The molecule has 26 heavy (non-hydrogen) atoms. The van der Waals surface area contributed by atoms with Crippen LogP contribution in [0, 0.1) is 13.8 Å². The van der Waals surface area contributed by atoms with Crippen molar-refractivity contribution in [2.75, 3.05) is 17.4 Å². The summed E-state index contributed by atoms with van der Waals surface area (Å²) in [4.78, 5) is 4.47. The van der Waals surface area contributed by atoms with Crippen LogP contribution in [0.2, 0.25) is 0 Å². The van der Waals surface area contributed by atoms with Crippen molar-refractivity contribution in [2.24, 2.45) is 0 Å². The Morgan fingerprint density at radius 2 is 1.96 bits per heavy atom. The quantitative estimate of drug-likeness (QED) is 0.729. The third kappa shape index (κ3) is 3.37. The molecule has 1 aliphatic heterocycles. The Hall–Kier alpha value is -3.35. The fourth-order valence-electron chi connectivity index (χ4n) is 2.69. The molecule has 0 radical (unpaired) electrons. The molecule has 2 heterocycles. The van der Waals surface area contributed by atoms with Crippen LogP contribution in [0.25, 0.3) is 0 Å². The summed E-state index contributed by atoms with van der Waals surface area (Å²) in [5.41, 5.74) is 4.41. The number of nitrogens with zero attached hydrogens (tertiary/aromatic N) is 3. The van der Waals surface area contributed by atoms with Crippen LogP contribution < -0.4 is 20.1 Å². The molecule has 0 fully saturated rings. The second kappa shape index (κ2) is 6.87. The second-order valence-corrected chi connectivity index (χ2v) is 6.08. The molecule has 0 unspecified atom stereocenters. The minimum Gasteiger partial charge on any atom is -0.454 e. The van der Waals surface area contributed by atoms with E-state index >= 15 is 0 Å². The van der Waals surface area contributed by atoms with Crippen molar-refractivity contribution < 1.29 is 9.47 Å². The van der Waals surface area contributed by atoms with E-state index in [1.165, 1.54) is 5.56 Å². The first-order chi connectivity index (χ1) is 12.7. The number of fused-ring (bicyclic) bond motifs is 1. The molecule has 0 saturated heterocycles. The normalized spacial score (nSPS) is 12.1. The maximum atomic E-state index is 5.40. The van der Waals surface area contributed by atoms with Gasteiger partial charge in [-0.2, -0.15) is 10.1 Å². The predicted molar refractivity (Wildman–Crippen MR) is 98.9 cm³/mol. The average molecular weight is 349 g/mol. The molecule has 0 saturated carbocycles. The van der Waals surface area contributed by atoms with Gasteiger partial charge in [-0.3, -0.25) is 0 Å². The van der Waals surface area contributed by atoms with Gasteiger partial charge in [0.15, 0.2) is 17.3 Å². The van der Waals surface area contributed by atoms with Crippen LogP contribution in [0.3, 0.4) is 0 Å². The fraction of sp³-hybridized carbons (Fsp3) is 0.211. The van der Waals surface area contributed by atoms with E-state index in [0.29, 0.717) is 18.3 Å². The van der Waals surface area contributed by atoms with E-state index in [9.17, 15) is 0 Å². The topological polar surface area (TPSA) is 81.2 Å². The van der Waals surface area contributed by atoms with Crippen LogP contribution in [0.5, 0.6) is 11.5 Å². The Balaban J connectivity index is 1.45. The summed E-state index contributed by atoms with van der Waals surface area (Å²) in [5.74, 6) is 2.64. The predicted octanol–water partition coefficient (Wildman–Crippen LogP) is 3.57. The first kappa shape index (κ1) is 16.1. The summed E-state index contributed by atoms with van der Waals surface area (Å²) in [5, 5.41) is 14.6. The highest BCUT2D eigenvalue weighted by Crippen LogP contribution is 2.32. The zero-order valence-corrected chi connectivity index (χ0v) is 14.6. The Kier molecular flexibility index (Phi) is 4.27. The summed E-state index contributed by atoms with van der Waals surface area (Å²) < 4.78 is 10.7. The van der Waals surface area contributed by atoms with Crippen LogP contribution in [0.1, 0.15) is 16.7 Å². The van der Waals surface area contributed by atoms with E-state index < -0.39 is 0 Å². The molecule has 0 spiro atoms. The third-order valence-electron chi connectivity index (χ3n) is 4.32. The molecule has 2 N–H and O–H groups in total. The highest BCUT2D eigenvalue weighted by Gasteiger charge is 2.13. The maximum absolute atomic E-state index is 5.40. The number of hydrogen-bond acceptors (Lipinski definition) is 7. The summed E-state index contributed by atoms with van der Waals surface area (Å²) in [7, 11) is 0. The SMILES string of the molecule is Cc1cccc(Nc2nncc(NCc3ccc4c(c3)OCO4)n2)c1C. The number of ether oxygens (including phenoxy) is 2. The number of anilines is 3. The lowest BCUT2D eigenvalue weighted by Crippen LogP contribution is -2.06. The molecular formula is C19H19N5O2. The molecule has 4 rings (SSSR count). The summed E-state index contributed by atoms with van der Waals surface area (Å²) >= 11 is 0. The first-order valence-electron chi connectivity index (χ1n) is 8.34. The summed E-state index contributed by atoms with van der Waals surface area (Å²) in [6.45, 7) is 5.00. The Labute approximate surface area is 151 Å². The number of aromatic nitrogens is 3. The second-order valence-electron chi connectivity index (χ2n) is 6.08. The van der Waals surface area contributed by atoms with Gasteiger partial charge < -0.3 is 20.1 Å². The highest BCUT2D eigenvalue weighted by molar-refractivity contribution is 5.60. The molecule has 7 nitrogen and oxygen atoms in total. The van der Waals surface area contributed by atoms with Crippen molar-refractivity contribution in [2.45, 2.75) is 20.4 Å². The van der Waals surface area contributed by atoms with Gasteiger partial charge in [-0.05, 0) is 48.7 Å². The molecular weight excluding hydrogens is 330 g/mol. The zero-order valence-electron chi connectivity index (χ0n) is 14.6. The minimum absolute atomic E-state index is 0.273. The average Bonchev–Trinajstić information content (AvgIpc) is 3.12. The monoisotopic (exact) mass is 349 g/mol. The largest absolute Gasteiger partial charge is 0.454 e. The van der Waals surface area contributed by atoms with Crippen molar-refractivity contribution in [3.8, 4) is 11.5 Å². The fourth-order valence-corrected chi connectivity index (χ4v) is 2.69. The van der Waals surface area contributed by atoms with Gasteiger partial charge in [-0.1, -0.05) is 18.2 Å². The lowest BCUT2D eigenvalue weighted by molar-refractivity contribution is 0.174. The van der Waals surface area contributed by atoms with Crippen molar-refractivity contribution in [1.29, 1.82) is 0 Å². The van der Waals surface area contributed by atoms with E-state index in [4.69, 9.17) is 9.47 Å². The molecule has 7 heteroatoms. The van der Waals surface area contributed by atoms with Gasteiger partial charge in [0.05, 0.1) is 6.20 Å². The summed E-state index contributed by atoms with van der Waals surface area (Å²) in [6.07, 6.45) is 1.60. The molecule has 1 aromatic heterocycles. The van der Waals surface area contributed by atoms with Crippen LogP contribution in [-0.4, -0.2) is 22.0 Å². The lowest BCUT2D eigenvalue weighted by Gasteiger charge is -2.11. The van der Waals surface area contributed by atoms with Crippen molar-refractivity contribution >= 4 is 17.5 Å². The molecule has 0 aliphatic carbocycles. The van der Waals surface area contributed by atoms with Crippen molar-refractivity contribution in [1.82, 2.24) is 15.2 Å². The standard InChI is InChI=1S/C19H19N5O2/c1-12-4-3-5-15(13(12)2)22-19-23-18(10-21-24-19)20-9-14-6-7-16-17(8-14)26-11-25-16/h3-8,10H,9,11H2,1-2H3,(H2,20,22,23,24). The molecule has 2 aromatic carbocycles. The molecule has 0 amide bonds. The van der Waals surface area contributed by atoms with Gasteiger partial charge in [0.1, 0.15) is 0 Å². The third-order valence-corrected chi connectivity index (χ3v) is 4.32. The van der Waals surface area contributed by atoms with Gasteiger partial charge in [-0.25, -0.2) is 0 Å². The van der Waals surface area contributed by atoms with Crippen LogP contribution >= 0.6 is 0 Å². The maximum Gasteiger partial charge on any atom is 0.249 e. The molecule has 0 atom stereocenters. The van der Waals surface area contributed by atoms with E-state index in [1.54, 1.807) is 6.20 Å². The van der Waals surface area contributed by atoms with Gasteiger partial charge in [0.2, 0.25) is 12.7 Å². The molecule has 0 bridgehead atoms. The van der Waals surface area contributed by atoms with E-state index in [0.717, 1.165) is 28.3 Å². The Bertz CT molecular complexity index is 945. The number of hydrogen-bond donors (Lipinski definition) is 2. The molecule has 3 aromatic rings. The number of aryl methyl sites for hydroxylation is 1. The lowest BCUT2D eigenvalue weighted by atomic mass is 10.1. The number of nitrogens with one attached hydrogen (secondary N) is 2. The van der Waals surface area contributed by atoms with E-state index in [2.05, 4.69) is 45.7 Å². The van der Waals surface area contributed by atoms with Crippen molar-refractivity contribution in [3.05, 3.63) is 59.3 Å². The highest BCUT2D eigenvalue weighted by atomic mass is 16.7. The summed E-state index contributed by atoms with van der Waals surface area (Å²) in [6, 6.07) is 11.9. The van der Waals surface area contributed by atoms with Gasteiger partial charge in [0.25, 0.3) is 0 Å². The van der Waals surface area contributed by atoms with E-state index in [1.807, 2.05) is 30.3 Å². The Morgan fingerprint density at radius 3 is 2.88 bits per heavy atom. The van der Waals surface area contributed by atoms with Crippen LogP contribution in [0.15, 0.2) is 42.6 Å². The van der Waals surface area contributed by atoms with Gasteiger partial charge in [0, 0.05) is 12.2 Å². The van der Waals surface area contributed by atoms with Gasteiger partial charge >= 0.3 is 0 Å². The van der Waals surface area contributed by atoms with Crippen LogP contribution in [-0.2, 0) is 6.54 Å². The van der Waals surface area contributed by atoms with Gasteiger partial charge in [-0.15, -0.1) is 5.10 Å².